The van der Waals surface area contributed by atoms with Crippen LogP contribution in [0, 0.1) is 17.7 Å². The van der Waals surface area contributed by atoms with Crippen LogP contribution in [0.25, 0.3) is 0 Å². The van der Waals surface area contributed by atoms with Crippen LogP contribution in [0.4, 0.5) is 4.39 Å². The van der Waals surface area contributed by atoms with Gasteiger partial charge in [-0.1, -0.05) is 39.5 Å². The number of ether oxygens (including phenoxy) is 2. The van der Waals surface area contributed by atoms with Gasteiger partial charge in [0.2, 0.25) is 0 Å². The Balaban J connectivity index is 1.62. The third-order valence-electron chi connectivity index (χ3n) is 5.65. The van der Waals surface area contributed by atoms with Crippen LogP contribution in [0.1, 0.15) is 70.8 Å². The van der Waals surface area contributed by atoms with E-state index in [1.807, 2.05) is 6.07 Å². The van der Waals surface area contributed by atoms with Crippen molar-refractivity contribution in [3.05, 3.63) is 23.5 Å². The Morgan fingerprint density at radius 2 is 1.88 bits per heavy atom. The van der Waals surface area contributed by atoms with Crippen LogP contribution in [0.15, 0.2) is 12.1 Å². The molecule has 1 saturated carbocycles. The van der Waals surface area contributed by atoms with E-state index in [1.54, 1.807) is 0 Å². The standard InChI is InChI=1S/C21H31FO2/c1-3-5-15-6-8-16(9-7-15)20-11-10-17-13-18(23-12-4-2)14-19(22)21(17)24-20/h13-16,20H,3-12H2,1-2H3. The summed E-state index contributed by atoms with van der Waals surface area (Å²) in [6.07, 6.45) is 10.8. The van der Waals surface area contributed by atoms with Gasteiger partial charge in [-0.3, -0.25) is 0 Å². The Bertz CT molecular complexity index is 535. The van der Waals surface area contributed by atoms with Gasteiger partial charge in [0.25, 0.3) is 0 Å². The van der Waals surface area contributed by atoms with E-state index >= 15 is 0 Å². The Hall–Kier alpha value is -1.25. The molecular weight excluding hydrogens is 303 g/mol. The number of benzene rings is 1. The average Bonchev–Trinajstić information content (AvgIpc) is 2.61. The predicted octanol–water partition coefficient (Wildman–Crippen LogP) is 5.91. The number of rotatable bonds is 6. The van der Waals surface area contributed by atoms with E-state index in [9.17, 15) is 4.39 Å². The maximum Gasteiger partial charge on any atom is 0.169 e. The average molecular weight is 334 g/mol. The Morgan fingerprint density at radius 1 is 1.08 bits per heavy atom. The monoisotopic (exact) mass is 334 g/mol. The highest BCUT2D eigenvalue weighted by Gasteiger charge is 2.32. The van der Waals surface area contributed by atoms with Crippen LogP contribution in [0.5, 0.6) is 11.5 Å². The van der Waals surface area contributed by atoms with E-state index in [1.165, 1.54) is 44.6 Å². The molecule has 1 aromatic rings. The Morgan fingerprint density at radius 3 is 2.58 bits per heavy atom. The van der Waals surface area contributed by atoms with Gasteiger partial charge < -0.3 is 9.47 Å². The van der Waals surface area contributed by atoms with Crippen molar-refractivity contribution in [1.29, 1.82) is 0 Å². The summed E-state index contributed by atoms with van der Waals surface area (Å²) in [5.74, 6) is 2.35. The van der Waals surface area contributed by atoms with Crippen molar-refractivity contribution >= 4 is 0 Å². The fourth-order valence-corrected chi connectivity index (χ4v) is 4.34. The summed E-state index contributed by atoms with van der Waals surface area (Å²) in [7, 11) is 0. The van der Waals surface area contributed by atoms with Crippen molar-refractivity contribution in [3.63, 3.8) is 0 Å². The van der Waals surface area contributed by atoms with Crippen molar-refractivity contribution in [2.45, 2.75) is 77.7 Å². The minimum absolute atomic E-state index is 0.192. The molecule has 0 spiro atoms. The van der Waals surface area contributed by atoms with E-state index in [2.05, 4.69) is 13.8 Å². The molecule has 1 unspecified atom stereocenters. The first-order valence-corrected chi connectivity index (χ1v) is 9.83. The molecule has 1 fully saturated rings. The molecule has 2 nitrogen and oxygen atoms in total. The van der Waals surface area contributed by atoms with Gasteiger partial charge in [0.15, 0.2) is 11.6 Å². The van der Waals surface area contributed by atoms with Gasteiger partial charge in [0, 0.05) is 11.6 Å². The van der Waals surface area contributed by atoms with E-state index in [0.717, 1.165) is 30.7 Å². The smallest absolute Gasteiger partial charge is 0.169 e. The number of fused-ring (bicyclic) bond motifs is 1. The van der Waals surface area contributed by atoms with Gasteiger partial charge >= 0.3 is 0 Å². The molecule has 0 amide bonds. The normalized spacial score (nSPS) is 26.5. The molecule has 1 aromatic carbocycles. The summed E-state index contributed by atoms with van der Waals surface area (Å²) >= 11 is 0. The van der Waals surface area contributed by atoms with Crippen LogP contribution in [0.3, 0.4) is 0 Å². The molecule has 3 heteroatoms. The minimum atomic E-state index is -0.261. The molecule has 0 radical (unpaired) electrons. The molecule has 3 rings (SSSR count). The molecule has 0 N–H and O–H groups in total. The molecule has 1 aliphatic heterocycles. The second kappa shape index (κ2) is 8.22. The molecule has 1 aliphatic carbocycles. The number of hydrogen-bond acceptors (Lipinski definition) is 2. The number of hydrogen-bond donors (Lipinski definition) is 0. The first-order valence-electron chi connectivity index (χ1n) is 9.83. The van der Waals surface area contributed by atoms with Gasteiger partial charge in [0.05, 0.1) is 6.61 Å². The van der Waals surface area contributed by atoms with Gasteiger partial charge in [-0.15, -0.1) is 0 Å². The third kappa shape index (κ3) is 4.04. The topological polar surface area (TPSA) is 18.5 Å². The van der Waals surface area contributed by atoms with E-state index < -0.39 is 0 Å². The first-order chi connectivity index (χ1) is 11.7. The molecule has 1 atom stereocenters. The molecule has 24 heavy (non-hydrogen) atoms. The largest absolute Gasteiger partial charge is 0.493 e. The second-order valence-electron chi connectivity index (χ2n) is 7.51. The number of halogens is 1. The van der Waals surface area contributed by atoms with E-state index in [-0.39, 0.29) is 11.9 Å². The van der Waals surface area contributed by atoms with Crippen LogP contribution < -0.4 is 9.47 Å². The minimum Gasteiger partial charge on any atom is -0.493 e. The lowest BCUT2D eigenvalue weighted by Crippen LogP contribution is -2.34. The van der Waals surface area contributed by atoms with Crippen molar-refractivity contribution in [3.8, 4) is 11.5 Å². The second-order valence-corrected chi connectivity index (χ2v) is 7.51. The third-order valence-corrected chi connectivity index (χ3v) is 5.65. The summed E-state index contributed by atoms with van der Waals surface area (Å²) in [6, 6.07) is 3.44. The van der Waals surface area contributed by atoms with Crippen LogP contribution in [-0.2, 0) is 6.42 Å². The first kappa shape index (κ1) is 17.6. The molecular formula is C21H31FO2. The SMILES string of the molecule is CCCOc1cc(F)c2c(c1)CCC(C1CCC(CCC)CC1)O2. The quantitative estimate of drug-likeness (QED) is 0.643. The van der Waals surface area contributed by atoms with Crippen molar-refractivity contribution < 1.29 is 13.9 Å². The highest BCUT2D eigenvalue weighted by molar-refractivity contribution is 5.43. The van der Waals surface area contributed by atoms with Crippen molar-refractivity contribution in [2.24, 2.45) is 11.8 Å². The molecule has 0 aromatic heterocycles. The maximum atomic E-state index is 14.5. The van der Waals surface area contributed by atoms with Gasteiger partial charge in [-0.2, -0.15) is 0 Å². The number of aryl methyl sites for hydroxylation is 1. The van der Waals surface area contributed by atoms with Gasteiger partial charge in [-0.25, -0.2) is 4.39 Å². The van der Waals surface area contributed by atoms with E-state index in [4.69, 9.17) is 9.47 Å². The van der Waals surface area contributed by atoms with Crippen molar-refractivity contribution in [2.75, 3.05) is 6.61 Å². The fraction of sp³-hybridized carbons (Fsp3) is 0.714. The van der Waals surface area contributed by atoms with Crippen LogP contribution in [-0.4, -0.2) is 12.7 Å². The summed E-state index contributed by atoms with van der Waals surface area (Å²) in [4.78, 5) is 0. The highest BCUT2D eigenvalue weighted by Crippen LogP contribution is 2.40. The lowest BCUT2D eigenvalue weighted by atomic mass is 9.76. The predicted molar refractivity (Wildman–Crippen MR) is 95.3 cm³/mol. The van der Waals surface area contributed by atoms with Crippen LogP contribution >= 0.6 is 0 Å². The zero-order valence-electron chi connectivity index (χ0n) is 15.2. The fourth-order valence-electron chi connectivity index (χ4n) is 4.34. The van der Waals surface area contributed by atoms with Gasteiger partial charge in [0.1, 0.15) is 11.9 Å². The Labute approximate surface area is 145 Å². The zero-order valence-corrected chi connectivity index (χ0v) is 15.2. The zero-order chi connectivity index (χ0) is 16.9. The maximum absolute atomic E-state index is 14.5. The summed E-state index contributed by atoms with van der Waals surface area (Å²) in [5, 5.41) is 0. The molecule has 1 heterocycles. The molecule has 0 bridgehead atoms. The van der Waals surface area contributed by atoms with Gasteiger partial charge in [-0.05, 0) is 50.0 Å². The summed E-state index contributed by atoms with van der Waals surface area (Å²) in [6.45, 7) is 4.95. The summed E-state index contributed by atoms with van der Waals surface area (Å²) in [5.41, 5.74) is 0.969. The lowest BCUT2D eigenvalue weighted by molar-refractivity contribution is 0.0716. The molecule has 134 valence electrons. The highest BCUT2D eigenvalue weighted by atomic mass is 19.1. The lowest BCUT2D eigenvalue weighted by Gasteiger charge is -2.36. The van der Waals surface area contributed by atoms with E-state index in [0.29, 0.717) is 24.0 Å². The van der Waals surface area contributed by atoms with Crippen molar-refractivity contribution in [1.82, 2.24) is 0 Å². The Kier molecular flexibility index (Phi) is 6.02. The molecule has 2 aliphatic rings. The molecule has 0 saturated heterocycles. The summed E-state index contributed by atoms with van der Waals surface area (Å²) < 4.78 is 26.2. The van der Waals surface area contributed by atoms with Crippen LogP contribution in [0.2, 0.25) is 0 Å².